The second kappa shape index (κ2) is 8.54. The Hall–Kier alpha value is -3.39. The second-order valence-corrected chi connectivity index (χ2v) is 7.70. The zero-order chi connectivity index (χ0) is 22.7. The molecule has 2 amide bonds. The van der Waals surface area contributed by atoms with Gasteiger partial charge >= 0.3 is 6.36 Å². The van der Waals surface area contributed by atoms with E-state index < -0.39 is 50.5 Å². The van der Waals surface area contributed by atoms with E-state index in [2.05, 4.69) is 9.72 Å². The fourth-order valence-electron chi connectivity index (χ4n) is 2.04. The Bertz CT molecular complexity index is 1060. The highest BCUT2D eigenvalue weighted by atomic mass is 32.2. The third-order valence-corrected chi connectivity index (χ3v) is 5.20. The Morgan fingerprint density at radius 2 is 1.77 bits per heavy atom. The molecule has 0 aliphatic carbocycles. The van der Waals surface area contributed by atoms with Crippen molar-refractivity contribution < 1.29 is 41.0 Å². The van der Waals surface area contributed by atoms with Crippen LogP contribution >= 0.6 is 0 Å². The average molecular weight is 448 g/mol. The van der Waals surface area contributed by atoms with E-state index in [0.717, 1.165) is 43.5 Å². The number of nitrogens with one attached hydrogen (secondary N) is 2. The fourth-order valence-corrected chi connectivity index (χ4v) is 3.28. The van der Waals surface area contributed by atoms with E-state index in [1.54, 1.807) is 0 Å². The van der Waals surface area contributed by atoms with E-state index in [1.165, 1.54) is 0 Å². The molecular weight excluding hydrogens is 433 g/mol. The maximum atomic E-state index is 12.6. The van der Waals surface area contributed by atoms with Crippen molar-refractivity contribution in [1.29, 1.82) is 0 Å². The van der Waals surface area contributed by atoms with Gasteiger partial charge in [-0.25, -0.2) is 13.4 Å². The number of rotatable bonds is 5. The van der Waals surface area contributed by atoms with Crippen LogP contribution in [-0.4, -0.2) is 42.8 Å². The van der Waals surface area contributed by atoms with Crippen molar-refractivity contribution in [2.75, 3.05) is 5.73 Å². The van der Waals surface area contributed by atoms with Crippen molar-refractivity contribution in [2.24, 2.45) is 0 Å². The summed E-state index contributed by atoms with van der Waals surface area (Å²) in [5, 5.41) is 9.03. The Morgan fingerprint density at radius 1 is 1.17 bits per heavy atom. The molecule has 0 spiro atoms. The molecule has 0 fully saturated rings. The predicted molar refractivity (Wildman–Crippen MR) is 94.5 cm³/mol. The second-order valence-electron chi connectivity index (χ2n) is 5.75. The molecule has 0 bridgehead atoms. The molecule has 1 unspecified atom stereocenters. The quantitative estimate of drug-likeness (QED) is 0.482. The first-order valence-electron chi connectivity index (χ1n) is 7.96. The zero-order valence-corrected chi connectivity index (χ0v) is 15.9. The average Bonchev–Trinajstić information content (AvgIpc) is 2.64. The van der Waals surface area contributed by atoms with Gasteiger partial charge in [0.2, 0.25) is 9.84 Å². The van der Waals surface area contributed by atoms with Crippen molar-refractivity contribution in [3.8, 4) is 5.75 Å². The minimum atomic E-state index is -4.93. The number of benzene rings is 1. The summed E-state index contributed by atoms with van der Waals surface area (Å²) in [6.07, 6.45) is -5.50. The van der Waals surface area contributed by atoms with Crippen LogP contribution in [0.4, 0.5) is 18.9 Å². The van der Waals surface area contributed by atoms with Gasteiger partial charge < -0.3 is 15.6 Å². The number of carbonyl (C=O) groups excluding carboxylic acids is 2. The van der Waals surface area contributed by atoms with Crippen molar-refractivity contribution >= 4 is 27.3 Å². The Balaban J connectivity index is 2.22. The molecular formula is C16H15F3N4O6S. The minimum absolute atomic E-state index is 0.350. The first-order chi connectivity index (χ1) is 13.8. The van der Waals surface area contributed by atoms with Gasteiger partial charge in [-0.05, 0) is 37.3 Å². The van der Waals surface area contributed by atoms with Gasteiger partial charge in [-0.15, -0.1) is 13.2 Å². The number of halogens is 3. The number of aromatic nitrogens is 1. The molecule has 1 heterocycles. The van der Waals surface area contributed by atoms with E-state index in [0.29, 0.717) is 0 Å². The number of carbonyl (C=O) groups is 2. The lowest BCUT2D eigenvalue weighted by Gasteiger charge is -2.11. The number of nitrogens with two attached hydrogens (primary N) is 1. The molecule has 0 aliphatic heterocycles. The van der Waals surface area contributed by atoms with Crippen LogP contribution in [0.2, 0.25) is 0 Å². The van der Waals surface area contributed by atoms with E-state index in [4.69, 9.17) is 10.8 Å². The number of hydrogen-bond acceptors (Lipinski definition) is 8. The predicted octanol–water partition coefficient (Wildman–Crippen LogP) is 0.537. The highest BCUT2D eigenvalue weighted by Gasteiger charge is 2.31. The van der Waals surface area contributed by atoms with E-state index >= 15 is 0 Å². The van der Waals surface area contributed by atoms with Crippen LogP contribution < -0.4 is 21.3 Å². The third kappa shape index (κ3) is 5.57. The largest absolute Gasteiger partial charge is 0.573 e. The lowest BCUT2D eigenvalue weighted by molar-refractivity contribution is -0.274. The number of pyridine rings is 1. The number of ether oxygens (including phenoxy) is 1. The molecule has 14 heteroatoms. The lowest BCUT2D eigenvalue weighted by Crippen LogP contribution is -2.46. The van der Waals surface area contributed by atoms with Crippen molar-refractivity contribution in [2.45, 2.75) is 29.2 Å². The van der Waals surface area contributed by atoms with Gasteiger partial charge in [0.1, 0.15) is 11.9 Å². The van der Waals surface area contributed by atoms with Crippen LogP contribution in [0.1, 0.15) is 17.4 Å². The third-order valence-electron chi connectivity index (χ3n) is 3.46. The number of anilines is 1. The van der Waals surface area contributed by atoms with Gasteiger partial charge in [0, 0.05) is 6.20 Å². The molecule has 0 aliphatic rings. The molecule has 5 N–H and O–H groups in total. The number of aliphatic hydroxyl groups is 1. The summed E-state index contributed by atoms with van der Waals surface area (Å²) < 4.78 is 65.5. The van der Waals surface area contributed by atoms with E-state index in [1.807, 2.05) is 10.9 Å². The molecule has 10 nitrogen and oxygen atoms in total. The molecule has 0 saturated carbocycles. The fraction of sp³-hybridized carbons (Fsp3) is 0.188. The van der Waals surface area contributed by atoms with Gasteiger partial charge in [-0.1, -0.05) is 0 Å². The summed E-state index contributed by atoms with van der Waals surface area (Å²) in [6.45, 7) is 1.16. The Labute approximate surface area is 167 Å². The summed E-state index contributed by atoms with van der Waals surface area (Å²) in [4.78, 5) is 26.1. The monoisotopic (exact) mass is 448 g/mol. The topological polar surface area (TPSA) is 161 Å². The number of alkyl halides is 3. The zero-order valence-electron chi connectivity index (χ0n) is 15.1. The van der Waals surface area contributed by atoms with Gasteiger partial charge in [0.25, 0.3) is 11.8 Å². The normalized spacial score (nSPS) is 12.7. The summed E-state index contributed by atoms with van der Waals surface area (Å²) in [5.41, 5.74) is 8.75. The van der Waals surface area contributed by atoms with Gasteiger partial charge in [0.15, 0.2) is 5.69 Å². The number of hydrazine groups is 1. The van der Waals surface area contributed by atoms with Crippen LogP contribution in [0.15, 0.2) is 46.3 Å². The number of aliphatic hydroxyl groups excluding tert-OH is 1. The highest BCUT2D eigenvalue weighted by molar-refractivity contribution is 7.91. The maximum absolute atomic E-state index is 12.6. The smallest absolute Gasteiger partial charge is 0.406 e. The first kappa shape index (κ1) is 22.9. The van der Waals surface area contributed by atoms with Crippen LogP contribution in [-0.2, 0) is 14.6 Å². The standard InChI is InChI=1S/C16H15F3N4O6S/c1-8(24)14(25)22-23-15(26)13-12(20)6-11(7-21-13)30(27,28)10-4-2-9(3-5-10)29-16(17,18)19/h2-8,24H,20H2,1H3,(H,22,25)(H,23,26). The molecule has 30 heavy (non-hydrogen) atoms. The van der Waals surface area contributed by atoms with Crippen LogP contribution in [0, 0.1) is 0 Å². The molecule has 162 valence electrons. The number of hydrogen-bond donors (Lipinski definition) is 4. The summed E-state index contributed by atoms with van der Waals surface area (Å²) in [6, 6.07) is 4.37. The van der Waals surface area contributed by atoms with Crippen LogP contribution in [0.5, 0.6) is 5.75 Å². The molecule has 1 atom stereocenters. The lowest BCUT2D eigenvalue weighted by atomic mass is 10.3. The van der Waals surface area contributed by atoms with Crippen LogP contribution in [0.3, 0.4) is 0 Å². The molecule has 0 radical (unpaired) electrons. The summed E-state index contributed by atoms with van der Waals surface area (Å²) in [5.74, 6) is -2.48. The Kier molecular flexibility index (Phi) is 6.52. The summed E-state index contributed by atoms with van der Waals surface area (Å²) >= 11 is 0. The number of nitrogens with zero attached hydrogens (tertiary/aromatic N) is 1. The molecule has 0 saturated heterocycles. The van der Waals surface area contributed by atoms with Crippen molar-refractivity contribution in [3.63, 3.8) is 0 Å². The molecule has 2 rings (SSSR count). The number of sulfone groups is 1. The van der Waals surface area contributed by atoms with Gasteiger partial charge in [-0.3, -0.25) is 20.4 Å². The number of amides is 2. The Morgan fingerprint density at radius 3 is 2.27 bits per heavy atom. The van der Waals surface area contributed by atoms with Gasteiger partial charge in [0.05, 0.1) is 15.5 Å². The molecule has 1 aromatic heterocycles. The first-order valence-corrected chi connectivity index (χ1v) is 9.44. The maximum Gasteiger partial charge on any atom is 0.573 e. The number of nitrogen functional groups attached to an aromatic ring is 1. The van der Waals surface area contributed by atoms with Crippen molar-refractivity contribution in [1.82, 2.24) is 15.8 Å². The van der Waals surface area contributed by atoms with Crippen LogP contribution in [0.25, 0.3) is 0 Å². The molecule has 2 aromatic rings. The SMILES string of the molecule is CC(O)C(=O)NNC(=O)c1ncc(S(=O)(=O)c2ccc(OC(F)(F)F)cc2)cc1N. The van der Waals surface area contributed by atoms with Crippen molar-refractivity contribution in [3.05, 3.63) is 42.2 Å². The minimum Gasteiger partial charge on any atom is -0.406 e. The van der Waals surface area contributed by atoms with E-state index in [-0.39, 0.29) is 10.6 Å². The van der Waals surface area contributed by atoms with E-state index in [9.17, 15) is 31.2 Å². The molecule has 1 aromatic carbocycles. The summed E-state index contributed by atoms with van der Waals surface area (Å²) in [7, 11) is -4.22. The highest BCUT2D eigenvalue weighted by Crippen LogP contribution is 2.27. The van der Waals surface area contributed by atoms with Gasteiger partial charge in [-0.2, -0.15) is 0 Å².